The average Bonchev–Trinajstić information content (AvgIpc) is 2.26. The van der Waals surface area contributed by atoms with E-state index in [0.29, 0.717) is 11.3 Å². The first-order valence-corrected chi connectivity index (χ1v) is 5.50. The Balaban J connectivity index is 2.53. The van der Waals surface area contributed by atoms with Gasteiger partial charge in [0.15, 0.2) is 5.78 Å². The maximum absolute atomic E-state index is 10.9. The SMILES string of the molecule is CC(=O)c1ccc(SCC(O)CO)nc1. The minimum atomic E-state index is -0.732. The van der Waals surface area contributed by atoms with Crippen LogP contribution in [0.4, 0.5) is 0 Å². The Morgan fingerprint density at radius 3 is 2.80 bits per heavy atom. The summed E-state index contributed by atoms with van der Waals surface area (Å²) in [6.45, 7) is 1.23. The number of nitrogens with zero attached hydrogens (tertiary/aromatic N) is 1. The third-order valence-electron chi connectivity index (χ3n) is 1.78. The normalized spacial score (nSPS) is 12.5. The molecule has 2 N–H and O–H groups in total. The second-order valence-corrected chi connectivity index (χ2v) is 4.13. The van der Waals surface area contributed by atoms with Gasteiger partial charge in [-0.25, -0.2) is 4.98 Å². The molecule has 0 spiro atoms. The van der Waals surface area contributed by atoms with Crippen LogP contribution in [0.2, 0.25) is 0 Å². The topological polar surface area (TPSA) is 70.4 Å². The monoisotopic (exact) mass is 227 g/mol. The molecule has 4 nitrogen and oxygen atoms in total. The standard InChI is InChI=1S/C10H13NO3S/c1-7(13)8-2-3-10(11-4-8)15-6-9(14)5-12/h2-4,9,12,14H,5-6H2,1H3. The molecule has 0 fully saturated rings. The van der Waals surface area contributed by atoms with E-state index >= 15 is 0 Å². The number of rotatable bonds is 5. The number of aliphatic hydroxyl groups excluding tert-OH is 2. The number of hydrogen-bond acceptors (Lipinski definition) is 5. The Morgan fingerprint density at radius 2 is 2.33 bits per heavy atom. The largest absolute Gasteiger partial charge is 0.394 e. The number of ketones is 1. The van der Waals surface area contributed by atoms with Gasteiger partial charge in [0.05, 0.1) is 17.7 Å². The highest BCUT2D eigenvalue weighted by atomic mass is 32.2. The quantitative estimate of drug-likeness (QED) is 0.573. The van der Waals surface area contributed by atoms with Gasteiger partial charge in [-0.3, -0.25) is 4.79 Å². The van der Waals surface area contributed by atoms with Crippen LogP contribution in [0, 0.1) is 0 Å². The van der Waals surface area contributed by atoms with Gasteiger partial charge < -0.3 is 10.2 Å². The summed E-state index contributed by atoms with van der Waals surface area (Å²) < 4.78 is 0. The van der Waals surface area contributed by atoms with Crippen molar-refractivity contribution in [1.82, 2.24) is 4.98 Å². The molecule has 0 amide bonds. The lowest BCUT2D eigenvalue weighted by atomic mass is 10.2. The fourth-order valence-electron chi connectivity index (χ4n) is 0.908. The highest BCUT2D eigenvalue weighted by Crippen LogP contribution is 2.16. The minimum Gasteiger partial charge on any atom is -0.394 e. The summed E-state index contributed by atoms with van der Waals surface area (Å²) in [5, 5.41) is 18.4. The molecule has 0 saturated heterocycles. The molecule has 0 aliphatic heterocycles. The van der Waals surface area contributed by atoms with Crippen LogP contribution in [0.1, 0.15) is 17.3 Å². The third-order valence-corrected chi connectivity index (χ3v) is 2.87. The van der Waals surface area contributed by atoms with Crippen LogP contribution in [0.25, 0.3) is 0 Å². The van der Waals surface area contributed by atoms with Gasteiger partial charge in [0.25, 0.3) is 0 Å². The van der Waals surface area contributed by atoms with E-state index in [0.717, 1.165) is 5.03 Å². The Bertz CT molecular complexity index is 326. The van der Waals surface area contributed by atoms with Crippen molar-refractivity contribution >= 4 is 17.5 Å². The van der Waals surface area contributed by atoms with Crippen molar-refractivity contribution in [2.75, 3.05) is 12.4 Å². The zero-order valence-electron chi connectivity index (χ0n) is 8.38. The molecule has 0 aliphatic rings. The molecule has 82 valence electrons. The van der Waals surface area contributed by atoms with Crippen LogP contribution >= 0.6 is 11.8 Å². The smallest absolute Gasteiger partial charge is 0.161 e. The molecule has 0 saturated carbocycles. The second-order valence-electron chi connectivity index (χ2n) is 3.09. The first-order valence-electron chi connectivity index (χ1n) is 4.52. The van der Waals surface area contributed by atoms with Crippen molar-refractivity contribution < 1.29 is 15.0 Å². The minimum absolute atomic E-state index is 0.0190. The number of Topliss-reactive ketones (excluding diaryl/α,β-unsaturated/α-hetero) is 1. The van der Waals surface area contributed by atoms with E-state index in [1.807, 2.05) is 0 Å². The maximum atomic E-state index is 10.9. The van der Waals surface area contributed by atoms with E-state index in [1.165, 1.54) is 24.9 Å². The van der Waals surface area contributed by atoms with Gasteiger partial charge >= 0.3 is 0 Å². The summed E-state index contributed by atoms with van der Waals surface area (Å²) >= 11 is 1.34. The van der Waals surface area contributed by atoms with Gasteiger partial charge in [-0.2, -0.15) is 0 Å². The number of aromatic nitrogens is 1. The van der Waals surface area contributed by atoms with Gasteiger partial charge in [-0.1, -0.05) is 0 Å². The Labute approximate surface area is 92.3 Å². The van der Waals surface area contributed by atoms with Crippen molar-refractivity contribution in [3.05, 3.63) is 23.9 Å². The predicted molar refractivity (Wildman–Crippen MR) is 58.1 cm³/mol. The molecular weight excluding hydrogens is 214 g/mol. The fourth-order valence-corrected chi connectivity index (χ4v) is 1.67. The number of aliphatic hydroxyl groups is 2. The van der Waals surface area contributed by atoms with Crippen LogP contribution in [0.15, 0.2) is 23.4 Å². The molecule has 15 heavy (non-hydrogen) atoms. The lowest BCUT2D eigenvalue weighted by Crippen LogP contribution is -2.14. The van der Waals surface area contributed by atoms with Crippen LogP contribution in [0.5, 0.6) is 0 Å². The molecule has 1 heterocycles. The Hall–Kier alpha value is -0.910. The van der Waals surface area contributed by atoms with Crippen LogP contribution in [-0.2, 0) is 0 Å². The van der Waals surface area contributed by atoms with Crippen molar-refractivity contribution in [1.29, 1.82) is 0 Å². The molecule has 5 heteroatoms. The lowest BCUT2D eigenvalue weighted by molar-refractivity contribution is 0.101. The Kier molecular flexibility index (Phi) is 4.74. The molecular formula is C10H13NO3S. The second kappa shape index (κ2) is 5.85. The van der Waals surface area contributed by atoms with Gasteiger partial charge in [0.2, 0.25) is 0 Å². The molecule has 0 aliphatic carbocycles. The summed E-state index contributed by atoms with van der Waals surface area (Å²) in [7, 11) is 0. The van der Waals surface area contributed by atoms with E-state index in [2.05, 4.69) is 4.98 Å². The van der Waals surface area contributed by atoms with Gasteiger partial charge in [-0.05, 0) is 19.1 Å². The van der Waals surface area contributed by atoms with Crippen molar-refractivity contribution in [3.8, 4) is 0 Å². The number of carbonyl (C=O) groups excluding carboxylic acids is 1. The summed E-state index contributed by atoms with van der Waals surface area (Å²) in [5.41, 5.74) is 0.571. The summed E-state index contributed by atoms with van der Waals surface area (Å²) in [6, 6.07) is 3.43. The zero-order valence-corrected chi connectivity index (χ0v) is 9.20. The highest BCUT2D eigenvalue weighted by molar-refractivity contribution is 7.99. The fraction of sp³-hybridized carbons (Fsp3) is 0.400. The molecule has 0 radical (unpaired) electrons. The summed E-state index contributed by atoms with van der Waals surface area (Å²) in [5.74, 6) is 0.373. The molecule has 1 rings (SSSR count). The number of pyridine rings is 1. The van der Waals surface area contributed by atoms with E-state index in [1.54, 1.807) is 12.1 Å². The molecule has 1 unspecified atom stereocenters. The zero-order chi connectivity index (χ0) is 11.3. The molecule has 1 aromatic heterocycles. The number of thioether (sulfide) groups is 1. The third kappa shape index (κ3) is 3.99. The molecule has 1 atom stereocenters. The molecule has 1 aromatic rings. The van der Waals surface area contributed by atoms with Gasteiger partial charge in [0, 0.05) is 17.5 Å². The van der Waals surface area contributed by atoms with Crippen molar-refractivity contribution in [2.45, 2.75) is 18.1 Å². The van der Waals surface area contributed by atoms with E-state index < -0.39 is 6.10 Å². The van der Waals surface area contributed by atoms with Gasteiger partial charge in [0.1, 0.15) is 0 Å². The van der Waals surface area contributed by atoms with E-state index in [4.69, 9.17) is 10.2 Å². The van der Waals surface area contributed by atoms with E-state index in [-0.39, 0.29) is 12.4 Å². The number of carbonyl (C=O) groups is 1. The van der Waals surface area contributed by atoms with E-state index in [9.17, 15) is 4.79 Å². The summed E-state index contributed by atoms with van der Waals surface area (Å²) in [6.07, 6.45) is 0.778. The first-order chi connectivity index (χ1) is 7.13. The average molecular weight is 227 g/mol. The molecule has 0 bridgehead atoms. The number of hydrogen-bond donors (Lipinski definition) is 2. The molecule has 0 aromatic carbocycles. The van der Waals surface area contributed by atoms with Crippen LogP contribution < -0.4 is 0 Å². The predicted octanol–water partition coefficient (Wildman–Crippen LogP) is 0.730. The van der Waals surface area contributed by atoms with Crippen LogP contribution in [-0.4, -0.2) is 39.4 Å². The van der Waals surface area contributed by atoms with Gasteiger partial charge in [-0.15, -0.1) is 11.8 Å². The first kappa shape index (κ1) is 12.2. The van der Waals surface area contributed by atoms with Crippen molar-refractivity contribution in [3.63, 3.8) is 0 Å². The van der Waals surface area contributed by atoms with Crippen LogP contribution in [0.3, 0.4) is 0 Å². The lowest BCUT2D eigenvalue weighted by Gasteiger charge is -2.05. The maximum Gasteiger partial charge on any atom is 0.161 e. The Morgan fingerprint density at radius 1 is 1.60 bits per heavy atom. The highest BCUT2D eigenvalue weighted by Gasteiger charge is 2.04. The summed E-state index contributed by atoms with van der Waals surface area (Å²) in [4.78, 5) is 15.0. The van der Waals surface area contributed by atoms with Crippen molar-refractivity contribution in [2.24, 2.45) is 0 Å².